The fourth-order valence-corrected chi connectivity index (χ4v) is 4.02. The summed E-state index contributed by atoms with van der Waals surface area (Å²) in [7, 11) is 0. The first-order valence-corrected chi connectivity index (χ1v) is 10.2. The highest BCUT2D eigenvalue weighted by Crippen LogP contribution is 2.34. The number of Topliss-reactive ketones (excluding diaryl/α,β-unsaturated/α-hetero) is 1. The molecular weight excluding hydrogens is 386 g/mol. The van der Waals surface area contributed by atoms with Crippen LogP contribution in [0.2, 0.25) is 0 Å². The van der Waals surface area contributed by atoms with Gasteiger partial charge in [-0.15, -0.1) is 0 Å². The molecule has 154 valence electrons. The lowest BCUT2D eigenvalue weighted by molar-refractivity contribution is -0.0292. The molecule has 7 heteroatoms. The third kappa shape index (κ3) is 4.38. The number of imidazole rings is 1. The molecule has 5 nitrogen and oxygen atoms in total. The Labute approximate surface area is 173 Å². The van der Waals surface area contributed by atoms with Crippen molar-refractivity contribution in [1.29, 1.82) is 5.26 Å². The second-order valence-electron chi connectivity index (χ2n) is 7.97. The van der Waals surface area contributed by atoms with Crippen LogP contribution in [0, 0.1) is 17.2 Å². The van der Waals surface area contributed by atoms with Gasteiger partial charge in [-0.25, -0.2) is 18.7 Å². The van der Waals surface area contributed by atoms with Crippen LogP contribution in [0.1, 0.15) is 60.9 Å². The number of pyridine rings is 1. The standard InChI is InChI=1S/C23H22F2N4O/c24-23(25)9-2-1-3-16(8-10-23)11-21(30)18-12-20-22(27-14-18)29(15-28-20)19-6-4-17(13-26)5-7-19/h4-7,12,14-16H,1-3,8-11H2. The van der Waals surface area contributed by atoms with E-state index in [1.165, 1.54) is 6.20 Å². The van der Waals surface area contributed by atoms with Crippen LogP contribution in [0.15, 0.2) is 42.9 Å². The van der Waals surface area contributed by atoms with Gasteiger partial charge in [0, 0.05) is 36.7 Å². The molecule has 0 N–H and O–H groups in total. The van der Waals surface area contributed by atoms with Crippen LogP contribution in [-0.4, -0.2) is 26.2 Å². The van der Waals surface area contributed by atoms with Gasteiger partial charge in [-0.1, -0.05) is 12.8 Å². The number of ketones is 1. The van der Waals surface area contributed by atoms with Crippen LogP contribution in [0.25, 0.3) is 16.9 Å². The topological polar surface area (TPSA) is 71.6 Å². The van der Waals surface area contributed by atoms with Crippen LogP contribution in [0.3, 0.4) is 0 Å². The van der Waals surface area contributed by atoms with Gasteiger partial charge in [0.1, 0.15) is 11.8 Å². The van der Waals surface area contributed by atoms with E-state index in [1.807, 2.05) is 12.1 Å². The summed E-state index contributed by atoms with van der Waals surface area (Å²) < 4.78 is 29.2. The minimum atomic E-state index is -2.61. The Morgan fingerprint density at radius 1 is 1.17 bits per heavy atom. The zero-order chi connectivity index (χ0) is 21.1. The molecule has 0 saturated heterocycles. The average Bonchev–Trinajstić information content (AvgIpc) is 3.17. The third-order valence-corrected chi connectivity index (χ3v) is 5.78. The van der Waals surface area contributed by atoms with Gasteiger partial charge < -0.3 is 0 Å². The SMILES string of the molecule is N#Cc1ccc(-n2cnc3cc(C(=O)CC4CCCCC(F)(F)CC4)cnc32)cc1. The molecule has 30 heavy (non-hydrogen) atoms. The minimum Gasteiger partial charge on any atom is -0.294 e. The highest BCUT2D eigenvalue weighted by Gasteiger charge is 2.31. The Bertz CT molecular complexity index is 1100. The van der Waals surface area contributed by atoms with Crippen molar-refractivity contribution in [2.75, 3.05) is 0 Å². The van der Waals surface area contributed by atoms with Crippen LogP contribution < -0.4 is 0 Å². The lowest BCUT2D eigenvalue weighted by Gasteiger charge is -2.24. The molecule has 1 fully saturated rings. The van der Waals surface area contributed by atoms with Gasteiger partial charge >= 0.3 is 0 Å². The number of halogens is 2. The van der Waals surface area contributed by atoms with Gasteiger partial charge in [0.05, 0.1) is 11.6 Å². The predicted molar refractivity (Wildman–Crippen MR) is 109 cm³/mol. The highest BCUT2D eigenvalue weighted by molar-refractivity contribution is 5.98. The summed E-state index contributed by atoms with van der Waals surface area (Å²) in [6, 6.07) is 10.9. The molecule has 3 aromatic rings. The van der Waals surface area contributed by atoms with E-state index in [9.17, 15) is 13.6 Å². The molecule has 1 saturated carbocycles. The first kappa shape index (κ1) is 20.1. The van der Waals surface area contributed by atoms with Crippen molar-refractivity contribution in [2.45, 2.75) is 50.9 Å². The summed E-state index contributed by atoms with van der Waals surface area (Å²) in [6.07, 6.45) is 5.67. The number of carbonyl (C=O) groups excluding carboxylic acids is 1. The van der Waals surface area contributed by atoms with Crippen LogP contribution in [0.5, 0.6) is 0 Å². The maximum absolute atomic E-state index is 13.7. The number of nitriles is 1. The Morgan fingerprint density at radius 3 is 2.73 bits per heavy atom. The van der Waals surface area contributed by atoms with E-state index in [0.29, 0.717) is 35.1 Å². The number of aromatic nitrogens is 3. The molecule has 2 aromatic heterocycles. The van der Waals surface area contributed by atoms with E-state index >= 15 is 0 Å². The van der Waals surface area contributed by atoms with Gasteiger partial charge in [-0.2, -0.15) is 5.26 Å². The van der Waals surface area contributed by atoms with E-state index in [-0.39, 0.29) is 31.0 Å². The van der Waals surface area contributed by atoms with E-state index in [4.69, 9.17) is 5.26 Å². The molecule has 0 amide bonds. The van der Waals surface area contributed by atoms with Gasteiger partial charge in [-0.3, -0.25) is 9.36 Å². The number of hydrogen-bond acceptors (Lipinski definition) is 4. The fourth-order valence-electron chi connectivity index (χ4n) is 4.02. The third-order valence-electron chi connectivity index (χ3n) is 5.78. The lowest BCUT2D eigenvalue weighted by atomic mass is 9.85. The Hall–Kier alpha value is -3.14. The number of fused-ring (bicyclic) bond motifs is 1. The predicted octanol–water partition coefficient (Wildman–Crippen LogP) is 5.47. The molecule has 1 unspecified atom stereocenters. The van der Waals surface area contributed by atoms with Crippen molar-refractivity contribution >= 4 is 16.9 Å². The van der Waals surface area contributed by atoms with Crippen LogP contribution in [-0.2, 0) is 0 Å². The molecule has 0 spiro atoms. The van der Waals surface area contributed by atoms with Crippen LogP contribution in [0.4, 0.5) is 8.78 Å². The van der Waals surface area contributed by atoms with Crippen LogP contribution >= 0.6 is 0 Å². The Balaban J connectivity index is 1.51. The summed E-state index contributed by atoms with van der Waals surface area (Å²) in [5, 5.41) is 8.94. The molecule has 4 rings (SSSR count). The quantitative estimate of drug-likeness (QED) is 0.537. The van der Waals surface area contributed by atoms with Gasteiger partial charge in [0.15, 0.2) is 11.4 Å². The normalized spacial score (nSPS) is 19.0. The van der Waals surface area contributed by atoms with Gasteiger partial charge in [-0.05, 0) is 49.1 Å². The smallest absolute Gasteiger partial charge is 0.248 e. The van der Waals surface area contributed by atoms with Gasteiger partial charge in [0.2, 0.25) is 5.92 Å². The van der Waals surface area contributed by atoms with Crippen molar-refractivity contribution < 1.29 is 13.6 Å². The average molecular weight is 408 g/mol. The molecule has 0 bridgehead atoms. The summed E-state index contributed by atoms with van der Waals surface area (Å²) >= 11 is 0. The monoisotopic (exact) mass is 408 g/mol. The Kier molecular flexibility index (Phi) is 5.58. The number of alkyl halides is 2. The first-order valence-electron chi connectivity index (χ1n) is 10.2. The number of carbonyl (C=O) groups is 1. The second kappa shape index (κ2) is 8.31. The van der Waals surface area contributed by atoms with E-state index in [2.05, 4.69) is 16.0 Å². The summed E-state index contributed by atoms with van der Waals surface area (Å²) in [6.45, 7) is 0. The maximum atomic E-state index is 13.7. The molecule has 1 aliphatic carbocycles. The fraction of sp³-hybridized carbons (Fsp3) is 0.391. The minimum absolute atomic E-state index is 0.0180. The zero-order valence-corrected chi connectivity index (χ0v) is 16.5. The molecule has 1 aromatic carbocycles. The van der Waals surface area contributed by atoms with E-state index in [1.54, 1.807) is 29.1 Å². The number of nitrogens with zero attached hydrogens (tertiary/aromatic N) is 4. The molecule has 0 aliphatic heterocycles. The molecular formula is C23H22F2N4O. The summed E-state index contributed by atoms with van der Waals surface area (Å²) in [5.74, 6) is -2.71. The van der Waals surface area contributed by atoms with Crippen molar-refractivity contribution in [3.63, 3.8) is 0 Å². The molecule has 1 atom stereocenters. The van der Waals surface area contributed by atoms with E-state index < -0.39 is 5.92 Å². The summed E-state index contributed by atoms with van der Waals surface area (Å²) in [5.41, 5.74) is 3.05. The van der Waals surface area contributed by atoms with Crippen molar-refractivity contribution in [2.24, 2.45) is 5.92 Å². The molecule has 2 heterocycles. The molecule has 0 radical (unpaired) electrons. The maximum Gasteiger partial charge on any atom is 0.248 e. The van der Waals surface area contributed by atoms with Gasteiger partial charge in [0.25, 0.3) is 0 Å². The molecule has 1 aliphatic rings. The number of hydrogen-bond donors (Lipinski definition) is 0. The van der Waals surface area contributed by atoms with Crippen molar-refractivity contribution in [1.82, 2.24) is 14.5 Å². The van der Waals surface area contributed by atoms with E-state index in [0.717, 1.165) is 18.5 Å². The number of rotatable bonds is 4. The van der Waals surface area contributed by atoms with Crippen molar-refractivity contribution in [3.8, 4) is 11.8 Å². The first-order chi connectivity index (χ1) is 14.4. The summed E-state index contributed by atoms with van der Waals surface area (Å²) in [4.78, 5) is 21.6. The highest BCUT2D eigenvalue weighted by atomic mass is 19.3. The zero-order valence-electron chi connectivity index (χ0n) is 16.5. The number of benzene rings is 1. The second-order valence-corrected chi connectivity index (χ2v) is 7.97. The van der Waals surface area contributed by atoms with Crippen molar-refractivity contribution in [3.05, 3.63) is 54.0 Å². The lowest BCUT2D eigenvalue weighted by Crippen LogP contribution is -2.21. The Morgan fingerprint density at radius 2 is 1.97 bits per heavy atom. The largest absolute Gasteiger partial charge is 0.294 e.